The fraction of sp³-hybridized carbons (Fsp3) is 0.0800. The molecule has 1 heterocycles. The summed E-state index contributed by atoms with van der Waals surface area (Å²) in [4.78, 5) is 2.59. The van der Waals surface area contributed by atoms with Crippen molar-refractivity contribution >= 4 is 11.3 Å². The lowest BCUT2D eigenvalue weighted by atomic mass is 10.0. The lowest BCUT2D eigenvalue weighted by molar-refractivity contribution is 1.47. The van der Waals surface area contributed by atoms with Crippen LogP contribution in [-0.4, -0.2) is 0 Å². The molecule has 4 aromatic rings. The molecular weight excluding hydrogens is 332 g/mol. The van der Waals surface area contributed by atoms with Crippen molar-refractivity contribution in [1.29, 1.82) is 0 Å². The van der Waals surface area contributed by atoms with Crippen LogP contribution in [0.1, 0.15) is 11.1 Å². The van der Waals surface area contributed by atoms with E-state index in [1.54, 1.807) is 0 Å². The number of aryl methyl sites for hydroxylation is 2. The molecule has 0 amide bonds. The van der Waals surface area contributed by atoms with Crippen LogP contribution in [0.3, 0.4) is 0 Å². The summed E-state index contributed by atoms with van der Waals surface area (Å²) in [5.74, 6) is 0. The molecule has 0 atom stereocenters. The molecule has 0 aliphatic heterocycles. The first kappa shape index (κ1) is 16.7. The molecule has 0 fully saturated rings. The van der Waals surface area contributed by atoms with Gasteiger partial charge in [-0.15, -0.1) is 0 Å². The summed E-state index contributed by atoms with van der Waals surface area (Å²) in [6, 6.07) is 32.8. The van der Waals surface area contributed by atoms with Crippen LogP contribution < -0.4 is 0 Å². The van der Waals surface area contributed by atoms with Crippen molar-refractivity contribution in [2.75, 3.05) is 0 Å². The Balaban J connectivity index is 1.89. The molecule has 26 heavy (non-hydrogen) atoms. The quantitative estimate of drug-likeness (QED) is 0.332. The molecule has 0 aliphatic rings. The van der Waals surface area contributed by atoms with Crippen LogP contribution in [0.2, 0.25) is 0 Å². The van der Waals surface area contributed by atoms with E-state index in [0.29, 0.717) is 0 Å². The van der Waals surface area contributed by atoms with Gasteiger partial charge in [-0.1, -0.05) is 65.7 Å². The third-order valence-electron chi connectivity index (χ3n) is 4.57. The SMILES string of the molecule is Cc1ccc(-c2cc(-c3ccccc3)cc(-c3ccc(C)cc3)[s+]2)cc1. The van der Waals surface area contributed by atoms with E-state index in [1.165, 1.54) is 43.1 Å². The first-order valence-corrected chi connectivity index (χ1v) is 9.68. The molecule has 4 rings (SSSR count). The van der Waals surface area contributed by atoms with Gasteiger partial charge in [-0.05, 0) is 49.2 Å². The van der Waals surface area contributed by atoms with Crippen molar-refractivity contribution in [3.8, 4) is 32.0 Å². The summed E-state index contributed by atoms with van der Waals surface area (Å²) in [7, 11) is 0. The Morgan fingerprint density at radius 1 is 0.462 bits per heavy atom. The average molecular weight is 354 g/mol. The minimum absolute atomic E-state index is 1.25. The lowest BCUT2D eigenvalue weighted by Crippen LogP contribution is -1.84. The molecule has 1 aromatic heterocycles. The highest BCUT2D eigenvalue weighted by Crippen LogP contribution is 2.37. The third-order valence-corrected chi connectivity index (χ3v) is 5.72. The van der Waals surface area contributed by atoms with Crippen molar-refractivity contribution in [3.05, 3.63) is 102 Å². The van der Waals surface area contributed by atoms with Gasteiger partial charge in [-0.2, -0.15) is 0 Å². The highest BCUT2D eigenvalue weighted by atomic mass is 32.1. The maximum atomic E-state index is 2.31. The van der Waals surface area contributed by atoms with E-state index in [9.17, 15) is 0 Å². The van der Waals surface area contributed by atoms with Gasteiger partial charge in [-0.25, -0.2) is 0 Å². The molecular formula is C25H21S+. The molecule has 126 valence electrons. The van der Waals surface area contributed by atoms with E-state index in [-0.39, 0.29) is 0 Å². The van der Waals surface area contributed by atoms with E-state index in [1.807, 2.05) is 11.3 Å². The predicted molar refractivity (Wildman–Crippen MR) is 115 cm³/mol. The highest BCUT2D eigenvalue weighted by Gasteiger charge is 2.19. The molecule has 0 N–H and O–H groups in total. The summed E-state index contributed by atoms with van der Waals surface area (Å²) in [6.45, 7) is 4.26. The number of rotatable bonds is 3. The van der Waals surface area contributed by atoms with Crippen LogP contribution in [0.25, 0.3) is 32.0 Å². The maximum absolute atomic E-state index is 2.31. The first-order chi connectivity index (χ1) is 12.7. The van der Waals surface area contributed by atoms with Gasteiger partial charge in [0.25, 0.3) is 0 Å². The first-order valence-electron chi connectivity index (χ1n) is 8.87. The van der Waals surface area contributed by atoms with Gasteiger partial charge in [-0.3, -0.25) is 0 Å². The molecule has 0 radical (unpaired) electrons. The fourth-order valence-corrected chi connectivity index (χ4v) is 4.14. The third kappa shape index (κ3) is 3.58. The van der Waals surface area contributed by atoms with Crippen LogP contribution in [0.15, 0.2) is 91.0 Å². The van der Waals surface area contributed by atoms with Crippen LogP contribution in [-0.2, 0) is 0 Å². The second kappa shape index (κ2) is 7.23. The molecule has 3 aromatic carbocycles. The largest absolute Gasteiger partial charge is 0.239 e. The topological polar surface area (TPSA) is 0 Å². The number of hydrogen-bond acceptors (Lipinski definition) is 0. The van der Waals surface area contributed by atoms with E-state index < -0.39 is 0 Å². The Bertz CT molecular complexity index is 950. The molecule has 0 aliphatic carbocycles. The summed E-state index contributed by atoms with van der Waals surface area (Å²) in [6.07, 6.45) is 0. The normalized spacial score (nSPS) is 10.7. The van der Waals surface area contributed by atoms with Crippen molar-refractivity contribution in [2.45, 2.75) is 13.8 Å². The monoisotopic (exact) mass is 353 g/mol. The predicted octanol–water partition coefficient (Wildman–Crippen LogP) is 7.65. The Morgan fingerprint density at radius 3 is 1.38 bits per heavy atom. The van der Waals surface area contributed by atoms with Gasteiger partial charge in [0.05, 0.1) is 0 Å². The summed E-state index contributed by atoms with van der Waals surface area (Å²) >= 11 is 1.85. The molecule has 0 bridgehead atoms. The zero-order valence-corrected chi connectivity index (χ0v) is 15.9. The van der Waals surface area contributed by atoms with Gasteiger partial charge in [0.1, 0.15) is 0 Å². The molecule has 1 heteroatoms. The van der Waals surface area contributed by atoms with Crippen molar-refractivity contribution < 1.29 is 0 Å². The van der Waals surface area contributed by atoms with Gasteiger partial charge in [0.15, 0.2) is 0 Å². The Morgan fingerprint density at radius 2 is 0.923 bits per heavy atom. The van der Waals surface area contributed by atoms with Gasteiger partial charge in [0.2, 0.25) is 21.1 Å². The fourth-order valence-electron chi connectivity index (χ4n) is 3.02. The van der Waals surface area contributed by atoms with Crippen LogP contribution in [0, 0.1) is 13.8 Å². The number of hydrogen-bond donors (Lipinski definition) is 0. The Kier molecular flexibility index (Phi) is 4.64. The average Bonchev–Trinajstić information content (AvgIpc) is 2.69. The summed E-state index contributed by atoms with van der Waals surface area (Å²) in [5.41, 5.74) is 7.63. The van der Waals surface area contributed by atoms with Crippen LogP contribution in [0.5, 0.6) is 0 Å². The van der Waals surface area contributed by atoms with Gasteiger partial charge in [0, 0.05) is 23.3 Å². The minimum Gasteiger partial charge on any atom is -0.0622 e. The zero-order chi connectivity index (χ0) is 17.9. The van der Waals surface area contributed by atoms with Gasteiger partial charge < -0.3 is 0 Å². The van der Waals surface area contributed by atoms with Crippen molar-refractivity contribution in [3.63, 3.8) is 0 Å². The second-order valence-electron chi connectivity index (χ2n) is 6.67. The second-order valence-corrected chi connectivity index (χ2v) is 7.76. The van der Waals surface area contributed by atoms with Gasteiger partial charge >= 0.3 is 0 Å². The lowest BCUT2D eigenvalue weighted by Gasteiger charge is -2.03. The highest BCUT2D eigenvalue weighted by molar-refractivity contribution is 7.18. The van der Waals surface area contributed by atoms with Crippen molar-refractivity contribution in [2.24, 2.45) is 0 Å². The summed E-state index contributed by atoms with van der Waals surface area (Å²) in [5, 5.41) is 0. The summed E-state index contributed by atoms with van der Waals surface area (Å²) < 4.78 is 0. The van der Waals surface area contributed by atoms with E-state index >= 15 is 0 Å². The number of benzene rings is 3. The zero-order valence-electron chi connectivity index (χ0n) is 15.1. The van der Waals surface area contributed by atoms with E-state index in [2.05, 4.69) is 105 Å². The maximum Gasteiger partial charge on any atom is 0.239 e. The van der Waals surface area contributed by atoms with E-state index in [4.69, 9.17) is 0 Å². The molecule has 0 saturated carbocycles. The minimum atomic E-state index is 1.25. The standard InChI is InChI=1S/C25H21S/c1-18-8-12-21(13-9-18)24-16-23(20-6-4-3-5-7-20)17-25(26-24)22-14-10-19(2)11-15-22/h3-17H,1-2H3/q+1. The van der Waals surface area contributed by atoms with Crippen LogP contribution in [0.4, 0.5) is 0 Å². The smallest absolute Gasteiger partial charge is 0.0622 e. The molecule has 0 unspecified atom stereocenters. The molecule has 0 nitrogen and oxygen atoms in total. The Hall–Kier alpha value is -2.77. The van der Waals surface area contributed by atoms with E-state index in [0.717, 1.165) is 0 Å². The molecule has 0 spiro atoms. The Labute approximate surface area is 159 Å². The molecule has 0 saturated heterocycles. The van der Waals surface area contributed by atoms with Crippen molar-refractivity contribution in [1.82, 2.24) is 0 Å². The van der Waals surface area contributed by atoms with Crippen LogP contribution >= 0.6 is 11.3 Å².